The summed E-state index contributed by atoms with van der Waals surface area (Å²) in [4.78, 5) is 14.6. The van der Waals surface area contributed by atoms with Crippen molar-refractivity contribution in [3.05, 3.63) is 58.1 Å². The van der Waals surface area contributed by atoms with Gasteiger partial charge in [-0.25, -0.2) is 4.79 Å². The smallest absolute Gasteiger partial charge is 0.335 e. The first-order valence-electron chi connectivity index (χ1n) is 17.2. The molecule has 6 atom stereocenters. The molecule has 0 amide bonds. The fraction of sp³-hybridized carbons (Fsp3) is 0.649. The predicted molar refractivity (Wildman–Crippen MR) is 183 cm³/mol. The van der Waals surface area contributed by atoms with Gasteiger partial charge in [0.2, 0.25) is 0 Å². The third-order valence-corrected chi connectivity index (χ3v) is 16.7. The molecule has 45 heavy (non-hydrogen) atoms. The van der Waals surface area contributed by atoms with Crippen LogP contribution in [0.5, 0.6) is 5.75 Å². The Hall–Kier alpha value is -2.06. The Bertz CT molecular complexity index is 1410. The first-order valence-corrected chi connectivity index (χ1v) is 20.4. The van der Waals surface area contributed by atoms with Gasteiger partial charge in [0.25, 0.3) is 0 Å². The molecule has 0 aromatic heterocycles. The summed E-state index contributed by atoms with van der Waals surface area (Å²) in [7, 11) is -2.05. The highest BCUT2D eigenvalue weighted by atomic mass is 35.5. The minimum atomic E-state index is -2.05. The number of carbonyl (C=O) groups is 1. The lowest BCUT2D eigenvalue weighted by Gasteiger charge is -2.52. The van der Waals surface area contributed by atoms with E-state index in [9.17, 15) is 15.0 Å². The number of aliphatic hydroxyl groups excluding tert-OH is 1. The van der Waals surface area contributed by atoms with Crippen LogP contribution >= 0.6 is 11.6 Å². The summed E-state index contributed by atoms with van der Waals surface area (Å²) in [5.41, 5.74) is 3.58. The number of aryl methyl sites for hydroxylation is 1. The number of aromatic carboxylic acids is 1. The van der Waals surface area contributed by atoms with Crippen molar-refractivity contribution in [2.24, 2.45) is 17.8 Å². The van der Waals surface area contributed by atoms with Gasteiger partial charge in [0.15, 0.2) is 8.32 Å². The van der Waals surface area contributed by atoms with Gasteiger partial charge in [-0.1, -0.05) is 44.9 Å². The van der Waals surface area contributed by atoms with E-state index in [0.717, 1.165) is 87.3 Å². The average Bonchev–Trinajstić information content (AvgIpc) is 3.11. The van der Waals surface area contributed by atoms with Gasteiger partial charge >= 0.3 is 5.97 Å². The molecule has 1 aliphatic heterocycles. The van der Waals surface area contributed by atoms with Crippen LogP contribution < -0.4 is 9.64 Å². The van der Waals surface area contributed by atoms with Gasteiger partial charge < -0.3 is 24.3 Å². The largest absolute Gasteiger partial charge is 0.490 e. The van der Waals surface area contributed by atoms with Crippen LogP contribution in [0.4, 0.5) is 5.69 Å². The summed E-state index contributed by atoms with van der Waals surface area (Å²) in [5, 5.41) is 21.5. The zero-order chi connectivity index (χ0) is 32.1. The van der Waals surface area contributed by atoms with Crippen molar-refractivity contribution < 1.29 is 24.2 Å². The van der Waals surface area contributed by atoms with Crippen LogP contribution in [-0.2, 0) is 16.3 Å². The molecular weight excluding hydrogens is 602 g/mol. The van der Waals surface area contributed by atoms with Gasteiger partial charge in [0.05, 0.1) is 30.1 Å². The number of benzene rings is 2. The van der Waals surface area contributed by atoms with E-state index >= 15 is 0 Å². The molecule has 2 aromatic rings. The van der Waals surface area contributed by atoms with Crippen LogP contribution in [-0.4, -0.2) is 56.4 Å². The molecule has 2 fully saturated rings. The molecule has 8 heteroatoms. The minimum absolute atomic E-state index is 0.107. The van der Waals surface area contributed by atoms with Crippen LogP contribution in [0.1, 0.15) is 93.6 Å². The number of rotatable bonds is 7. The van der Waals surface area contributed by atoms with Crippen LogP contribution in [0, 0.1) is 17.8 Å². The van der Waals surface area contributed by atoms with Gasteiger partial charge in [0, 0.05) is 23.5 Å². The highest BCUT2D eigenvalue weighted by Gasteiger charge is 2.49. The van der Waals surface area contributed by atoms with Crippen molar-refractivity contribution in [3.63, 3.8) is 0 Å². The number of hydrogen-bond donors (Lipinski definition) is 2. The van der Waals surface area contributed by atoms with Crippen LogP contribution in [0.2, 0.25) is 23.2 Å². The summed E-state index contributed by atoms with van der Waals surface area (Å²) < 4.78 is 13.9. The SMILES string of the molecule is CC(C)(C)[Si](C)(C)OC([C@@H]1CCC[C@@H](O)C1)[C@@H]1CC[C@H]1CN1CC2(CCCc3cc(Cl)ccc32)COc2ccc(C(=O)O)cc21. The van der Waals surface area contributed by atoms with Crippen LogP contribution in [0.15, 0.2) is 36.4 Å². The Balaban J connectivity index is 1.34. The number of carboxylic acids is 1. The summed E-state index contributed by atoms with van der Waals surface area (Å²) >= 11 is 6.45. The predicted octanol–water partition coefficient (Wildman–Crippen LogP) is 8.48. The Morgan fingerprint density at radius 3 is 2.62 bits per heavy atom. The summed E-state index contributed by atoms with van der Waals surface area (Å²) in [5.74, 6) is 1.05. The first-order chi connectivity index (χ1) is 21.3. The lowest BCUT2D eigenvalue weighted by molar-refractivity contribution is -0.0409. The molecule has 6 rings (SSSR count). The molecule has 2 aromatic carbocycles. The molecule has 0 radical (unpaired) electrons. The normalized spacial score (nSPS) is 29.2. The third kappa shape index (κ3) is 6.57. The van der Waals surface area contributed by atoms with Crippen molar-refractivity contribution in [2.45, 2.75) is 114 Å². The number of hydrogen-bond acceptors (Lipinski definition) is 5. The number of fused-ring (bicyclic) bond motifs is 3. The maximum atomic E-state index is 12.1. The van der Waals surface area contributed by atoms with Crippen molar-refractivity contribution in [1.82, 2.24) is 0 Å². The topological polar surface area (TPSA) is 79.2 Å². The van der Waals surface area contributed by atoms with Gasteiger partial charge in [-0.05, 0) is 129 Å². The van der Waals surface area contributed by atoms with E-state index in [1.807, 2.05) is 18.2 Å². The fourth-order valence-electron chi connectivity index (χ4n) is 8.33. The number of nitrogens with zero attached hydrogens (tertiary/aromatic N) is 1. The lowest BCUT2D eigenvalue weighted by Crippen LogP contribution is -2.54. The number of anilines is 1. The maximum absolute atomic E-state index is 12.1. The molecule has 0 bridgehead atoms. The van der Waals surface area contributed by atoms with E-state index in [4.69, 9.17) is 20.8 Å². The molecule has 1 spiro atoms. The summed E-state index contributed by atoms with van der Waals surface area (Å²) in [6, 6.07) is 11.6. The molecule has 2 N–H and O–H groups in total. The number of aliphatic hydroxyl groups is 1. The molecule has 6 nitrogen and oxygen atoms in total. The summed E-state index contributed by atoms with van der Waals surface area (Å²) in [6.45, 7) is 13.8. The minimum Gasteiger partial charge on any atom is -0.490 e. The molecule has 4 aliphatic rings. The second-order valence-corrected chi connectivity index (χ2v) is 21.2. The van der Waals surface area contributed by atoms with E-state index in [-0.39, 0.29) is 28.2 Å². The van der Waals surface area contributed by atoms with E-state index in [2.05, 4.69) is 50.9 Å². The van der Waals surface area contributed by atoms with Gasteiger partial charge in [-0.3, -0.25) is 0 Å². The molecular formula is C37H52ClNO5Si. The molecule has 3 aliphatic carbocycles. The lowest BCUT2D eigenvalue weighted by atomic mass is 9.65. The monoisotopic (exact) mass is 653 g/mol. The van der Waals surface area contributed by atoms with E-state index in [1.54, 1.807) is 6.07 Å². The van der Waals surface area contributed by atoms with E-state index < -0.39 is 14.3 Å². The molecule has 246 valence electrons. The van der Waals surface area contributed by atoms with Crippen molar-refractivity contribution in [3.8, 4) is 5.75 Å². The Morgan fingerprint density at radius 2 is 1.93 bits per heavy atom. The summed E-state index contributed by atoms with van der Waals surface area (Å²) in [6.07, 6.45) is 9.15. The number of ether oxygens (including phenoxy) is 1. The fourth-order valence-corrected chi connectivity index (χ4v) is 9.93. The second kappa shape index (κ2) is 12.5. The highest BCUT2D eigenvalue weighted by molar-refractivity contribution is 6.74. The van der Waals surface area contributed by atoms with Crippen LogP contribution in [0.3, 0.4) is 0 Å². The average molecular weight is 654 g/mol. The molecule has 2 unspecified atom stereocenters. The number of halogens is 1. The van der Waals surface area contributed by atoms with Crippen LogP contribution in [0.25, 0.3) is 0 Å². The highest BCUT2D eigenvalue weighted by Crippen LogP contribution is 2.50. The van der Waals surface area contributed by atoms with E-state index in [0.29, 0.717) is 24.4 Å². The first kappa shape index (κ1) is 32.9. The van der Waals surface area contributed by atoms with Gasteiger partial charge in [0.1, 0.15) is 5.75 Å². The van der Waals surface area contributed by atoms with Crippen molar-refractivity contribution >= 4 is 31.6 Å². The maximum Gasteiger partial charge on any atom is 0.335 e. The number of carboxylic acid groups (broad SMARTS) is 1. The second-order valence-electron chi connectivity index (χ2n) is 16.0. The molecule has 1 heterocycles. The van der Waals surface area contributed by atoms with Crippen molar-refractivity contribution in [2.75, 3.05) is 24.6 Å². The Kier molecular flexibility index (Phi) is 9.14. The van der Waals surface area contributed by atoms with Crippen molar-refractivity contribution in [1.29, 1.82) is 0 Å². The zero-order valence-corrected chi connectivity index (χ0v) is 29.5. The van der Waals surface area contributed by atoms with Gasteiger partial charge in [-0.2, -0.15) is 0 Å². The Labute approximate surface area is 275 Å². The Morgan fingerprint density at radius 1 is 1.13 bits per heavy atom. The third-order valence-electron chi connectivity index (χ3n) is 12.0. The van der Waals surface area contributed by atoms with Gasteiger partial charge in [-0.15, -0.1) is 0 Å². The quantitative estimate of drug-likeness (QED) is 0.292. The molecule has 0 saturated heterocycles. The zero-order valence-electron chi connectivity index (χ0n) is 27.8. The standard InChI is InChI=1S/C37H52ClNO5Si/c1-36(2,3)45(4,5)44-34(25-8-6-10-29(40)19-25)30-14-11-27(30)21-39-22-37(17-7-9-24-18-28(38)13-15-31(24)37)23-43-33-16-12-26(35(41)42)20-32(33)39/h12-13,15-16,18,20,25,27,29-30,34,40H,6-11,14,17,19,21-23H2,1-5H3,(H,41,42)/t25-,27+,29-,30-,34?,37?/m1/s1. The molecule has 2 saturated carbocycles. The van der Waals surface area contributed by atoms with E-state index in [1.165, 1.54) is 11.1 Å².